The van der Waals surface area contributed by atoms with E-state index < -0.39 is 0 Å². The number of nitrogens with zero attached hydrogens (tertiary/aromatic N) is 1. The van der Waals surface area contributed by atoms with Crippen LogP contribution in [0.25, 0.3) is 0 Å². The third-order valence-corrected chi connectivity index (χ3v) is 4.79. The first kappa shape index (κ1) is 20.5. The van der Waals surface area contributed by atoms with Gasteiger partial charge >= 0.3 is 0 Å². The van der Waals surface area contributed by atoms with Crippen LogP contribution in [0, 0.1) is 5.92 Å². The average molecular weight is 381 g/mol. The minimum atomic E-state index is 0. The molecule has 23 heavy (non-hydrogen) atoms. The molecule has 1 fully saturated rings. The number of amides is 1. The van der Waals surface area contributed by atoms with Crippen molar-refractivity contribution in [1.29, 1.82) is 0 Å². The third kappa shape index (κ3) is 5.50. The van der Waals surface area contributed by atoms with Crippen molar-refractivity contribution in [3.8, 4) is 0 Å². The lowest BCUT2D eigenvalue weighted by Crippen LogP contribution is -2.44. The maximum atomic E-state index is 12.1. The van der Waals surface area contributed by atoms with Crippen LogP contribution in [0.1, 0.15) is 31.4 Å². The normalized spacial score (nSPS) is 19.7. The van der Waals surface area contributed by atoms with Gasteiger partial charge < -0.3 is 11.1 Å². The highest BCUT2D eigenvalue weighted by atomic mass is 35.5. The minimum Gasteiger partial charge on any atom is -0.355 e. The van der Waals surface area contributed by atoms with Crippen LogP contribution in [-0.2, 0) is 4.79 Å². The molecule has 0 spiro atoms. The molecule has 0 radical (unpaired) electrons. The molecule has 1 aromatic carbocycles. The van der Waals surface area contributed by atoms with Gasteiger partial charge in [0.15, 0.2) is 0 Å². The molecule has 0 bridgehead atoms. The molecular weight excluding hydrogens is 357 g/mol. The zero-order valence-corrected chi connectivity index (χ0v) is 15.6. The molecule has 7 heteroatoms. The number of halogens is 3. The fourth-order valence-electron chi connectivity index (χ4n) is 2.95. The number of piperidine rings is 1. The quantitative estimate of drug-likeness (QED) is 0.824. The molecule has 1 heterocycles. The summed E-state index contributed by atoms with van der Waals surface area (Å²) in [5.41, 5.74) is 6.49. The summed E-state index contributed by atoms with van der Waals surface area (Å²) in [6.45, 7) is 4.85. The van der Waals surface area contributed by atoms with E-state index in [-0.39, 0.29) is 30.3 Å². The summed E-state index contributed by atoms with van der Waals surface area (Å²) in [7, 11) is 0. The summed E-state index contributed by atoms with van der Waals surface area (Å²) < 4.78 is 0. The van der Waals surface area contributed by atoms with Crippen molar-refractivity contribution < 1.29 is 4.79 Å². The molecule has 3 N–H and O–H groups in total. The smallest absolute Gasteiger partial charge is 0.224 e. The van der Waals surface area contributed by atoms with Crippen LogP contribution >= 0.6 is 35.6 Å². The van der Waals surface area contributed by atoms with Gasteiger partial charge in [0.05, 0.1) is 5.92 Å². The molecule has 1 aliphatic heterocycles. The van der Waals surface area contributed by atoms with Crippen molar-refractivity contribution in [3.63, 3.8) is 0 Å². The van der Waals surface area contributed by atoms with E-state index in [9.17, 15) is 4.79 Å². The number of carbonyl (C=O) groups excluding carboxylic acids is 1. The molecule has 2 atom stereocenters. The second-order valence-corrected chi connectivity index (χ2v) is 6.60. The maximum Gasteiger partial charge on any atom is 0.224 e. The highest BCUT2D eigenvalue weighted by molar-refractivity contribution is 6.35. The zero-order valence-electron chi connectivity index (χ0n) is 13.2. The van der Waals surface area contributed by atoms with Crippen LogP contribution in [0.3, 0.4) is 0 Å². The summed E-state index contributed by atoms with van der Waals surface area (Å²) in [6, 6.07) is 5.75. The Kier molecular flexibility index (Phi) is 8.65. The lowest BCUT2D eigenvalue weighted by Gasteiger charge is -2.36. The van der Waals surface area contributed by atoms with Gasteiger partial charge in [0.1, 0.15) is 0 Å². The molecule has 1 aromatic rings. The van der Waals surface area contributed by atoms with Crippen LogP contribution in [-0.4, -0.2) is 37.0 Å². The van der Waals surface area contributed by atoms with Crippen molar-refractivity contribution in [1.82, 2.24) is 10.2 Å². The monoisotopic (exact) mass is 379 g/mol. The van der Waals surface area contributed by atoms with Crippen LogP contribution < -0.4 is 11.1 Å². The van der Waals surface area contributed by atoms with Crippen molar-refractivity contribution in [2.45, 2.75) is 25.8 Å². The Balaban J connectivity index is 0.00000264. The van der Waals surface area contributed by atoms with E-state index in [1.807, 2.05) is 12.1 Å². The Morgan fingerprint density at radius 2 is 2.22 bits per heavy atom. The number of benzene rings is 1. The predicted molar refractivity (Wildman–Crippen MR) is 98.5 cm³/mol. The van der Waals surface area contributed by atoms with E-state index in [0.29, 0.717) is 23.1 Å². The van der Waals surface area contributed by atoms with Gasteiger partial charge in [-0.2, -0.15) is 0 Å². The molecule has 4 nitrogen and oxygen atoms in total. The Labute approximate surface area is 154 Å². The summed E-state index contributed by atoms with van der Waals surface area (Å²) >= 11 is 12.3. The van der Waals surface area contributed by atoms with Gasteiger partial charge in [-0.25, -0.2) is 0 Å². The maximum absolute atomic E-state index is 12.1. The Morgan fingerprint density at radius 3 is 2.87 bits per heavy atom. The van der Waals surface area contributed by atoms with Gasteiger partial charge in [-0.1, -0.05) is 29.3 Å². The highest BCUT2D eigenvalue weighted by Crippen LogP contribution is 2.32. The Bertz CT molecular complexity index is 527. The topological polar surface area (TPSA) is 58.4 Å². The first-order valence-electron chi connectivity index (χ1n) is 7.69. The molecule has 1 saturated heterocycles. The molecule has 0 saturated carbocycles. The zero-order chi connectivity index (χ0) is 16.1. The number of likely N-dealkylation sites (tertiary alicyclic amines) is 1. The summed E-state index contributed by atoms with van der Waals surface area (Å²) in [5.74, 6) is 0.123. The molecule has 2 rings (SSSR count). The van der Waals surface area contributed by atoms with Crippen molar-refractivity contribution in [2.24, 2.45) is 11.7 Å². The number of hydrogen-bond donors (Lipinski definition) is 2. The largest absolute Gasteiger partial charge is 0.355 e. The van der Waals surface area contributed by atoms with Gasteiger partial charge in [-0.3, -0.25) is 9.69 Å². The fourth-order valence-corrected chi connectivity index (χ4v) is 3.52. The van der Waals surface area contributed by atoms with Crippen LogP contribution in [0.2, 0.25) is 10.0 Å². The summed E-state index contributed by atoms with van der Waals surface area (Å²) in [5, 5.41) is 4.20. The van der Waals surface area contributed by atoms with E-state index in [4.69, 9.17) is 28.9 Å². The number of carbonyl (C=O) groups is 1. The summed E-state index contributed by atoms with van der Waals surface area (Å²) in [6.07, 6.45) is 1.93. The van der Waals surface area contributed by atoms with Gasteiger partial charge in [-0.15, -0.1) is 12.4 Å². The van der Waals surface area contributed by atoms with Gasteiger partial charge in [-0.05, 0) is 44.0 Å². The van der Waals surface area contributed by atoms with E-state index >= 15 is 0 Å². The van der Waals surface area contributed by atoms with Crippen molar-refractivity contribution in [3.05, 3.63) is 33.8 Å². The van der Waals surface area contributed by atoms with Gasteiger partial charge in [0.2, 0.25) is 5.91 Å². The number of hydrogen-bond acceptors (Lipinski definition) is 3. The van der Waals surface area contributed by atoms with Crippen LogP contribution in [0.5, 0.6) is 0 Å². The standard InChI is InChI=1S/C16H23Cl2N3O.ClH/c1-11(14-5-4-13(17)9-15(14)18)21-8-2-3-12(10-21)16(22)20-7-6-19;/h4-5,9,11-12H,2-3,6-8,10,19H2,1H3,(H,20,22);1H. The summed E-state index contributed by atoms with van der Waals surface area (Å²) in [4.78, 5) is 14.4. The second kappa shape index (κ2) is 9.70. The highest BCUT2D eigenvalue weighted by Gasteiger charge is 2.29. The molecule has 0 aromatic heterocycles. The Morgan fingerprint density at radius 1 is 1.48 bits per heavy atom. The Hall–Kier alpha value is -0.520. The lowest BCUT2D eigenvalue weighted by atomic mass is 9.94. The third-order valence-electron chi connectivity index (χ3n) is 4.23. The number of nitrogens with one attached hydrogen (secondary N) is 1. The molecule has 2 unspecified atom stereocenters. The number of nitrogens with two attached hydrogens (primary N) is 1. The van der Waals surface area contributed by atoms with E-state index in [2.05, 4.69) is 17.1 Å². The van der Waals surface area contributed by atoms with Crippen molar-refractivity contribution >= 4 is 41.5 Å². The molecular formula is C16H24Cl3N3O. The fraction of sp³-hybridized carbons (Fsp3) is 0.562. The van der Waals surface area contributed by atoms with Crippen molar-refractivity contribution in [2.75, 3.05) is 26.2 Å². The van der Waals surface area contributed by atoms with Gasteiger partial charge in [0, 0.05) is 35.7 Å². The van der Waals surface area contributed by atoms with Crippen LogP contribution in [0.4, 0.5) is 0 Å². The first-order chi connectivity index (χ1) is 10.5. The van der Waals surface area contributed by atoms with Crippen LogP contribution in [0.15, 0.2) is 18.2 Å². The van der Waals surface area contributed by atoms with E-state index in [0.717, 1.165) is 31.5 Å². The second-order valence-electron chi connectivity index (χ2n) is 5.76. The first-order valence-corrected chi connectivity index (χ1v) is 8.45. The molecule has 130 valence electrons. The molecule has 1 aliphatic rings. The molecule has 1 amide bonds. The van der Waals surface area contributed by atoms with E-state index in [1.54, 1.807) is 6.07 Å². The lowest BCUT2D eigenvalue weighted by molar-refractivity contribution is -0.126. The minimum absolute atomic E-state index is 0. The number of rotatable bonds is 5. The predicted octanol–water partition coefficient (Wildman–Crippen LogP) is 3.26. The van der Waals surface area contributed by atoms with E-state index in [1.165, 1.54) is 0 Å². The van der Waals surface area contributed by atoms with Gasteiger partial charge in [0.25, 0.3) is 0 Å². The average Bonchev–Trinajstić information content (AvgIpc) is 2.52. The SMILES string of the molecule is CC(c1ccc(Cl)cc1Cl)N1CCCC(C(=O)NCCN)C1.Cl. The molecule has 0 aliphatic carbocycles.